The minimum atomic E-state index is -0.911. The fourth-order valence-corrected chi connectivity index (χ4v) is 4.41. The molecule has 0 saturated carbocycles. The number of rotatable bonds is 6. The molecule has 4 atom stereocenters. The maximum Gasteiger partial charge on any atom is 0.337 e. The van der Waals surface area contributed by atoms with Crippen LogP contribution in [0.3, 0.4) is 0 Å². The fraction of sp³-hybridized carbons (Fsp3) is 0.480. The highest BCUT2D eigenvalue weighted by Crippen LogP contribution is 2.45. The molecule has 7 nitrogen and oxygen atoms in total. The van der Waals surface area contributed by atoms with Crippen LogP contribution in [0.15, 0.2) is 46.8 Å². The van der Waals surface area contributed by atoms with E-state index in [4.69, 9.17) is 14.2 Å². The van der Waals surface area contributed by atoms with E-state index >= 15 is 0 Å². The van der Waals surface area contributed by atoms with Crippen LogP contribution in [-0.2, 0) is 23.9 Å². The third-order valence-corrected chi connectivity index (χ3v) is 6.30. The number of dihydropyridines is 1. The maximum absolute atomic E-state index is 13.6. The predicted octanol–water partition coefficient (Wildman–Crippen LogP) is 3.65. The van der Waals surface area contributed by atoms with Gasteiger partial charge in [-0.1, -0.05) is 26.0 Å². The Morgan fingerprint density at radius 1 is 1.19 bits per heavy atom. The van der Waals surface area contributed by atoms with Gasteiger partial charge >= 0.3 is 11.9 Å². The molecular formula is C25H31NO6. The second-order valence-electron chi connectivity index (χ2n) is 8.43. The first kappa shape index (κ1) is 23.6. The first-order valence-electron chi connectivity index (χ1n) is 10.9. The average Bonchev–Trinajstić information content (AvgIpc) is 2.77. The van der Waals surface area contributed by atoms with Gasteiger partial charge in [-0.2, -0.15) is 0 Å². The smallest absolute Gasteiger partial charge is 0.337 e. The minimum Gasteiger partial charge on any atom is -0.497 e. The third-order valence-electron chi connectivity index (χ3n) is 6.30. The van der Waals surface area contributed by atoms with E-state index < -0.39 is 23.8 Å². The summed E-state index contributed by atoms with van der Waals surface area (Å²) in [4.78, 5) is 39.3. The van der Waals surface area contributed by atoms with Gasteiger partial charge in [-0.3, -0.25) is 9.59 Å². The topological polar surface area (TPSA) is 90.9 Å². The Bertz CT molecular complexity index is 975. The number of allylic oxidation sites excluding steroid dienone is 3. The van der Waals surface area contributed by atoms with E-state index in [1.807, 2.05) is 39.8 Å². The van der Waals surface area contributed by atoms with Gasteiger partial charge in [0.05, 0.1) is 25.9 Å². The molecule has 172 valence electrons. The van der Waals surface area contributed by atoms with Gasteiger partial charge in [-0.05, 0) is 50.3 Å². The number of carbonyl (C=O) groups excluding carboxylic acids is 3. The van der Waals surface area contributed by atoms with E-state index in [-0.39, 0.29) is 17.8 Å². The monoisotopic (exact) mass is 441 g/mol. The zero-order valence-corrected chi connectivity index (χ0v) is 19.5. The molecular weight excluding hydrogens is 410 g/mol. The van der Waals surface area contributed by atoms with Crippen molar-refractivity contribution >= 4 is 17.7 Å². The number of hydrogen-bond donors (Lipinski definition) is 1. The van der Waals surface area contributed by atoms with Crippen LogP contribution in [0.1, 0.15) is 52.0 Å². The summed E-state index contributed by atoms with van der Waals surface area (Å²) in [7, 11) is 2.86. The number of carbonyl (C=O) groups is 3. The Kier molecular flexibility index (Phi) is 7.06. The van der Waals surface area contributed by atoms with Crippen LogP contribution in [0.2, 0.25) is 0 Å². The summed E-state index contributed by atoms with van der Waals surface area (Å²) in [6.07, 6.45) is 0.908. The van der Waals surface area contributed by atoms with Crippen LogP contribution in [0.5, 0.6) is 5.75 Å². The van der Waals surface area contributed by atoms with Crippen LogP contribution in [-0.4, -0.2) is 38.0 Å². The lowest BCUT2D eigenvalue weighted by molar-refractivity contribution is -0.151. The molecule has 1 N–H and O–H groups in total. The zero-order chi connectivity index (χ0) is 23.6. The van der Waals surface area contributed by atoms with Crippen molar-refractivity contribution in [3.8, 4) is 5.75 Å². The normalized spacial score (nSPS) is 23.8. The maximum atomic E-state index is 13.6. The summed E-state index contributed by atoms with van der Waals surface area (Å²) in [6, 6.07) is 7.25. The van der Waals surface area contributed by atoms with Crippen molar-refractivity contribution in [2.24, 2.45) is 11.8 Å². The Balaban J connectivity index is 2.15. The van der Waals surface area contributed by atoms with Crippen molar-refractivity contribution in [3.05, 3.63) is 52.4 Å². The van der Waals surface area contributed by atoms with E-state index in [2.05, 4.69) is 5.32 Å². The molecule has 0 unspecified atom stereocenters. The highest BCUT2D eigenvalue weighted by Gasteiger charge is 2.47. The van der Waals surface area contributed by atoms with E-state index in [0.717, 1.165) is 11.3 Å². The number of benzene rings is 1. The molecule has 3 rings (SSSR count). The molecule has 0 bridgehead atoms. The lowest BCUT2D eigenvalue weighted by Crippen LogP contribution is -2.43. The highest BCUT2D eigenvalue weighted by molar-refractivity contribution is 6.12. The molecule has 0 aromatic heterocycles. The largest absolute Gasteiger partial charge is 0.497 e. The summed E-state index contributed by atoms with van der Waals surface area (Å²) in [5.74, 6) is -2.47. The Morgan fingerprint density at radius 2 is 1.84 bits per heavy atom. The molecule has 7 heteroatoms. The fourth-order valence-electron chi connectivity index (χ4n) is 4.41. The standard InChI is InChI=1S/C25H31NO6/c1-7-14(3)32-25(29)20-15(4)26-18-12-13(2)19(24(28)31-6)23(27)22(18)21(20)16-8-10-17(30-5)11-9-16/h8-11,13-14,19,21,26H,7,12H2,1-6H3/t13-,14+,19-,21+/m0/s1. The summed E-state index contributed by atoms with van der Waals surface area (Å²) in [5.41, 5.74) is 2.93. The van der Waals surface area contributed by atoms with E-state index in [1.54, 1.807) is 19.2 Å². The zero-order valence-electron chi connectivity index (χ0n) is 19.5. The van der Waals surface area contributed by atoms with Crippen molar-refractivity contribution in [3.63, 3.8) is 0 Å². The number of methoxy groups -OCH3 is 2. The van der Waals surface area contributed by atoms with Crippen molar-refractivity contribution < 1.29 is 28.6 Å². The molecule has 2 aliphatic rings. The van der Waals surface area contributed by atoms with Gasteiger partial charge in [0.2, 0.25) is 0 Å². The van der Waals surface area contributed by atoms with E-state index in [0.29, 0.717) is 35.4 Å². The van der Waals surface area contributed by atoms with Crippen molar-refractivity contribution in [1.82, 2.24) is 5.32 Å². The van der Waals surface area contributed by atoms with Gasteiger partial charge in [0.25, 0.3) is 0 Å². The Morgan fingerprint density at radius 3 is 2.41 bits per heavy atom. The van der Waals surface area contributed by atoms with Gasteiger partial charge in [-0.25, -0.2) is 4.79 Å². The van der Waals surface area contributed by atoms with Crippen LogP contribution in [0.25, 0.3) is 0 Å². The SMILES string of the molecule is CC[C@@H](C)OC(=O)C1=C(C)NC2=C(C(=O)[C@@H](C(=O)OC)[C@@H](C)C2)[C@@H]1c1ccc(OC)cc1. The minimum absolute atomic E-state index is 0.223. The first-order valence-corrected chi connectivity index (χ1v) is 10.9. The molecule has 0 saturated heterocycles. The van der Waals surface area contributed by atoms with E-state index in [1.165, 1.54) is 7.11 Å². The van der Waals surface area contributed by atoms with Gasteiger partial charge in [-0.15, -0.1) is 0 Å². The van der Waals surface area contributed by atoms with Crippen LogP contribution in [0, 0.1) is 11.8 Å². The van der Waals surface area contributed by atoms with Crippen LogP contribution >= 0.6 is 0 Å². The van der Waals surface area contributed by atoms with Crippen molar-refractivity contribution in [1.29, 1.82) is 0 Å². The number of ketones is 1. The lowest BCUT2D eigenvalue weighted by atomic mass is 9.69. The number of Topliss-reactive ketones (excluding diaryl/α,β-unsaturated/α-hetero) is 1. The summed E-state index contributed by atoms with van der Waals surface area (Å²) in [5, 5.41) is 3.26. The van der Waals surface area contributed by atoms with Crippen molar-refractivity contribution in [2.45, 2.75) is 52.6 Å². The summed E-state index contributed by atoms with van der Waals surface area (Å²) >= 11 is 0. The summed E-state index contributed by atoms with van der Waals surface area (Å²) in [6.45, 7) is 7.44. The van der Waals surface area contributed by atoms with Gasteiger partial charge in [0.15, 0.2) is 5.78 Å². The van der Waals surface area contributed by atoms with Gasteiger partial charge in [0.1, 0.15) is 11.7 Å². The van der Waals surface area contributed by atoms with Crippen LogP contribution < -0.4 is 10.1 Å². The first-order chi connectivity index (χ1) is 15.2. The Hall–Kier alpha value is -3.09. The summed E-state index contributed by atoms with van der Waals surface area (Å²) < 4.78 is 15.8. The molecule has 1 aromatic carbocycles. The molecule has 0 fully saturated rings. The average molecular weight is 442 g/mol. The Labute approximate surface area is 188 Å². The highest BCUT2D eigenvalue weighted by atomic mass is 16.5. The lowest BCUT2D eigenvalue weighted by Gasteiger charge is -2.38. The molecule has 0 amide bonds. The quantitative estimate of drug-likeness (QED) is 0.532. The second-order valence-corrected chi connectivity index (χ2v) is 8.43. The molecule has 0 radical (unpaired) electrons. The predicted molar refractivity (Wildman–Crippen MR) is 119 cm³/mol. The molecule has 1 aliphatic heterocycles. The number of nitrogens with one attached hydrogen (secondary N) is 1. The second kappa shape index (κ2) is 9.59. The molecule has 1 heterocycles. The van der Waals surface area contributed by atoms with Crippen molar-refractivity contribution in [2.75, 3.05) is 14.2 Å². The number of ether oxygens (including phenoxy) is 3. The molecule has 32 heavy (non-hydrogen) atoms. The third kappa shape index (κ3) is 4.29. The molecule has 1 aliphatic carbocycles. The molecule has 1 aromatic rings. The number of esters is 2. The van der Waals surface area contributed by atoms with E-state index in [9.17, 15) is 14.4 Å². The van der Waals surface area contributed by atoms with Crippen LogP contribution in [0.4, 0.5) is 0 Å². The van der Waals surface area contributed by atoms with Gasteiger partial charge < -0.3 is 19.5 Å². The molecule has 0 spiro atoms. The van der Waals surface area contributed by atoms with Gasteiger partial charge in [0, 0.05) is 22.9 Å². The number of hydrogen-bond acceptors (Lipinski definition) is 7.